The second kappa shape index (κ2) is 6.66. The third-order valence-corrected chi connectivity index (χ3v) is 4.25. The molecule has 116 valence electrons. The molecular weight excluding hydrogens is 313 g/mol. The Morgan fingerprint density at radius 2 is 2.00 bits per heavy atom. The van der Waals surface area contributed by atoms with Gasteiger partial charge in [0.2, 0.25) is 5.91 Å². The lowest BCUT2D eigenvalue weighted by Gasteiger charge is -2.02. The molecule has 23 heavy (non-hydrogen) atoms. The maximum atomic E-state index is 12.9. The Kier molecular flexibility index (Phi) is 4.43. The van der Waals surface area contributed by atoms with Crippen LogP contribution in [0.5, 0.6) is 0 Å². The molecule has 4 nitrogen and oxygen atoms in total. The summed E-state index contributed by atoms with van der Waals surface area (Å²) in [5.41, 5.74) is 8.47. The molecule has 3 aromatic rings. The molecule has 1 aromatic heterocycles. The molecule has 0 saturated heterocycles. The molecule has 1 heterocycles. The summed E-state index contributed by atoms with van der Waals surface area (Å²) in [6.45, 7) is 0. The minimum atomic E-state index is -0.437. The quantitative estimate of drug-likeness (QED) is 0.703. The average Bonchev–Trinajstić information content (AvgIpc) is 3.03. The van der Waals surface area contributed by atoms with Gasteiger partial charge in [0, 0.05) is 11.3 Å². The van der Waals surface area contributed by atoms with E-state index in [1.54, 1.807) is 30.5 Å². The predicted octanol–water partition coefficient (Wildman–Crippen LogP) is 3.61. The molecule has 0 radical (unpaired) electrons. The number of hydrogen-bond donors (Lipinski definition) is 2. The van der Waals surface area contributed by atoms with Crippen LogP contribution in [-0.4, -0.2) is 15.9 Å². The van der Waals surface area contributed by atoms with E-state index in [4.69, 9.17) is 5.73 Å². The molecule has 0 aliphatic rings. The van der Waals surface area contributed by atoms with E-state index in [2.05, 4.69) is 9.97 Å². The second-order valence-electron chi connectivity index (χ2n) is 4.96. The first-order chi connectivity index (χ1) is 11.1. The van der Waals surface area contributed by atoms with E-state index < -0.39 is 5.91 Å². The molecule has 0 bridgehead atoms. The van der Waals surface area contributed by atoms with E-state index in [-0.39, 0.29) is 5.82 Å². The Balaban J connectivity index is 1.69. The molecule has 6 heteroatoms. The normalized spacial score (nSPS) is 10.7. The number of H-pyrrole nitrogens is 1. The van der Waals surface area contributed by atoms with Gasteiger partial charge in [0.25, 0.3) is 0 Å². The van der Waals surface area contributed by atoms with Gasteiger partial charge in [-0.1, -0.05) is 23.9 Å². The number of carbonyl (C=O) groups is 1. The molecule has 2 aromatic carbocycles. The molecule has 0 saturated carbocycles. The van der Waals surface area contributed by atoms with Crippen LogP contribution >= 0.6 is 11.8 Å². The van der Waals surface area contributed by atoms with Crippen LogP contribution in [0.1, 0.15) is 15.9 Å². The van der Waals surface area contributed by atoms with Gasteiger partial charge in [0.15, 0.2) is 5.16 Å². The van der Waals surface area contributed by atoms with Gasteiger partial charge in [-0.2, -0.15) is 0 Å². The molecular formula is C17H14FN3OS. The number of carbonyl (C=O) groups excluding carboxylic acids is 1. The monoisotopic (exact) mass is 327 g/mol. The van der Waals surface area contributed by atoms with E-state index in [0.29, 0.717) is 11.3 Å². The highest BCUT2D eigenvalue weighted by atomic mass is 32.2. The Morgan fingerprint density at radius 3 is 2.74 bits per heavy atom. The molecule has 0 aliphatic heterocycles. The number of nitrogens with two attached hydrogens (primary N) is 1. The smallest absolute Gasteiger partial charge is 0.248 e. The first-order valence-corrected chi connectivity index (χ1v) is 7.93. The summed E-state index contributed by atoms with van der Waals surface area (Å²) >= 11 is 1.52. The number of nitrogens with zero attached hydrogens (tertiary/aromatic N) is 1. The van der Waals surface area contributed by atoms with Gasteiger partial charge >= 0.3 is 0 Å². The van der Waals surface area contributed by atoms with Crippen LogP contribution in [0.25, 0.3) is 11.3 Å². The van der Waals surface area contributed by atoms with Crippen molar-refractivity contribution in [2.75, 3.05) is 0 Å². The minimum absolute atomic E-state index is 0.266. The number of hydrogen-bond acceptors (Lipinski definition) is 3. The molecule has 3 rings (SSSR count). The van der Waals surface area contributed by atoms with Gasteiger partial charge in [-0.3, -0.25) is 4.79 Å². The highest BCUT2D eigenvalue weighted by molar-refractivity contribution is 7.98. The van der Waals surface area contributed by atoms with Crippen molar-refractivity contribution in [2.24, 2.45) is 5.73 Å². The first kappa shape index (κ1) is 15.3. The number of benzene rings is 2. The lowest BCUT2D eigenvalue weighted by Crippen LogP contribution is -2.10. The second-order valence-corrected chi connectivity index (χ2v) is 5.93. The maximum Gasteiger partial charge on any atom is 0.248 e. The Bertz CT molecular complexity index is 830. The summed E-state index contributed by atoms with van der Waals surface area (Å²) < 4.78 is 12.9. The largest absolute Gasteiger partial charge is 0.366 e. The van der Waals surface area contributed by atoms with Crippen molar-refractivity contribution < 1.29 is 9.18 Å². The lowest BCUT2D eigenvalue weighted by atomic mass is 10.1. The van der Waals surface area contributed by atoms with Crippen LogP contribution in [-0.2, 0) is 5.75 Å². The zero-order valence-corrected chi connectivity index (χ0v) is 12.9. The maximum absolute atomic E-state index is 12.9. The molecule has 3 N–H and O–H groups in total. The Labute approximate surface area is 136 Å². The van der Waals surface area contributed by atoms with Crippen molar-refractivity contribution >= 4 is 17.7 Å². The number of rotatable bonds is 5. The molecule has 0 fully saturated rings. The van der Waals surface area contributed by atoms with E-state index in [1.165, 1.54) is 23.9 Å². The molecule has 0 aliphatic carbocycles. The van der Waals surface area contributed by atoms with Crippen LogP contribution in [0.4, 0.5) is 4.39 Å². The molecule has 1 amide bonds. The fourth-order valence-electron chi connectivity index (χ4n) is 2.12. The standard InChI is InChI=1S/C17H14FN3OS/c18-14-6-4-12(5-7-14)15-9-20-17(21-15)23-10-11-2-1-3-13(8-11)16(19)22/h1-9H,10H2,(H2,19,22)(H,20,21). The van der Waals surface area contributed by atoms with Crippen LogP contribution in [0.2, 0.25) is 0 Å². The summed E-state index contributed by atoms with van der Waals surface area (Å²) in [5.74, 6) is -0.0389. The SMILES string of the molecule is NC(=O)c1cccc(CSc2ncc(-c3ccc(F)cc3)[nH]2)c1. The van der Waals surface area contributed by atoms with Crippen molar-refractivity contribution in [3.05, 3.63) is 71.7 Å². The third-order valence-electron chi connectivity index (χ3n) is 3.29. The summed E-state index contributed by atoms with van der Waals surface area (Å²) in [6, 6.07) is 13.4. The van der Waals surface area contributed by atoms with E-state index in [1.807, 2.05) is 12.1 Å². The molecule has 0 spiro atoms. The van der Waals surface area contributed by atoms with Crippen LogP contribution in [0.3, 0.4) is 0 Å². The van der Waals surface area contributed by atoms with Crippen molar-refractivity contribution in [2.45, 2.75) is 10.9 Å². The van der Waals surface area contributed by atoms with Crippen LogP contribution < -0.4 is 5.73 Å². The van der Waals surface area contributed by atoms with Gasteiger partial charge in [0.05, 0.1) is 11.9 Å². The number of amides is 1. The van der Waals surface area contributed by atoms with Gasteiger partial charge in [-0.05, 0) is 47.5 Å². The van der Waals surface area contributed by atoms with Gasteiger partial charge in [-0.25, -0.2) is 9.37 Å². The summed E-state index contributed by atoms with van der Waals surface area (Å²) in [5, 5.41) is 0.758. The minimum Gasteiger partial charge on any atom is -0.366 e. The zero-order chi connectivity index (χ0) is 16.2. The Hall–Kier alpha value is -2.60. The first-order valence-electron chi connectivity index (χ1n) is 6.94. The number of primary amides is 1. The fraction of sp³-hybridized carbons (Fsp3) is 0.0588. The number of nitrogens with one attached hydrogen (secondary N) is 1. The fourth-order valence-corrected chi connectivity index (χ4v) is 2.91. The average molecular weight is 327 g/mol. The van der Waals surface area contributed by atoms with Crippen molar-refractivity contribution in [3.63, 3.8) is 0 Å². The predicted molar refractivity (Wildman–Crippen MR) is 88.5 cm³/mol. The van der Waals surface area contributed by atoms with Crippen molar-refractivity contribution in [3.8, 4) is 11.3 Å². The Morgan fingerprint density at radius 1 is 1.22 bits per heavy atom. The van der Waals surface area contributed by atoms with E-state index in [0.717, 1.165) is 22.0 Å². The topological polar surface area (TPSA) is 71.8 Å². The number of aromatic nitrogens is 2. The van der Waals surface area contributed by atoms with Crippen molar-refractivity contribution in [1.29, 1.82) is 0 Å². The van der Waals surface area contributed by atoms with E-state index >= 15 is 0 Å². The highest BCUT2D eigenvalue weighted by Crippen LogP contribution is 2.24. The summed E-state index contributed by atoms with van der Waals surface area (Å²) in [4.78, 5) is 18.7. The summed E-state index contributed by atoms with van der Waals surface area (Å²) in [6.07, 6.45) is 1.72. The van der Waals surface area contributed by atoms with Gasteiger partial charge < -0.3 is 10.7 Å². The molecule has 0 atom stereocenters. The van der Waals surface area contributed by atoms with Gasteiger partial charge in [0.1, 0.15) is 5.82 Å². The van der Waals surface area contributed by atoms with Gasteiger partial charge in [-0.15, -0.1) is 0 Å². The van der Waals surface area contributed by atoms with Crippen molar-refractivity contribution in [1.82, 2.24) is 9.97 Å². The molecule has 0 unspecified atom stereocenters. The summed E-state index contributed by atoms with van der Waals surface area (Å²) in [7, 11) is 0. The number of imidazole rings is 1. The third kappa shape index (κ3) is 3.78. The van der Waals surface area contributed by atoms with E-state index in [9.17, 15) is 9.18 Å². The number of aromatic amines is 1. The zero-order valence-electron chi connectivity index (χ0n) is 12.1. The number of halogens is 1. The highest BCUT2D eigenvalue weighted by Gasteiger charge is 2.06. The number of thioether (sulfide) groups is 1. The lowest BCUT2D eigenvalue weighted by molar-refractivity contribution is 0.1000. The van der Waals surface area contributed by atoms with Crippen LogP contribution in [0, 0.1) is 5.82 Å². The van der Waals surface area contributed by atoms with Crippen LogP contribution in [0.15, 0.2) is 59.9 Å².